The van der Waals surface area contributed by atoms with Gasteiger partial charge in [-0.05, 0) is 29.8 Å². The summed E-state index contributed by atoms with van der Waals surface area (Å²) < 4.78 is 3.27. The average Bonchev–Trinajstić information content (AvgIpc) is 2.79. The van der Waals surface area contributed by atoms with Crippen molar-refractivity contribution in [3.8, 4) is 0 Å². The van der Waals surface area contributed by atoms with Gasteiger partial charge in [-0.25, -0.2) is 4.98 Å². The van der Waals surface area contributed by atoms with Gasteiger partial charge >= 0.3 is 0 Å². The summed E-state index contributed by atoms with van der Waals surface area (Å²) in [5.74, 6) is 0.920. The van der Waals surface area contributed by atoms with Crippen LogP contribution in [0.2, 0.25) is 0 Å². The number of fused-ring (bicyclic) bond motifs is 1. The van der Waals surface area contributed by atoms with Crippen LogP contribution in [-0.2, 0) is 13.1 Å². The lowest BCUT2D eigenvalue weighted by atomic mass is 10.2. The molecule has 0 radical (unpaired) electrons. The van der Waals surface area contributed by atoms with E-state index in [0.29, 0.717) is 6.54 Å². The van der Waals surface area contributed by atoms with Crippen molar-refractivity contribution in [2.75, 3.05) is 0 Å². The third-order valence-corrected chi connectivity index (χ3v) is 3.70. The molecule has 0 unspecified atom stereocenters. The molecule has 0 spiro atoms. The maximum Gasteiger partial charge on any atom is 0.123 e. The van der Waals surface area contributed by atoms with Crippen LogP contribution in [0.1, 0.15) is 11.4 Å². The van der Waals surface area contributed by atoms with Crippen molar-refractivity contribution < 1.29 is 0 Å². The van der Waals surface area contributed by atoms with Crippen LogP contribution in [0, 0.1) is 0 Å². The fourth-order valence-electron chi connectivity index (χ4n) is 2.23. The van der Waals surface area contributed by atoms with Gasteiger partial charge in [-0.3, -0.25) is 0 Å². The monoisotopic (exact) mass is 315 g/mol. The second kappa shape index (κ2) is 5.15. The molecule has 0 aliphatic heterocycles. The Morgan fingerprint density at radius 3 is 2.53 bits per heavy atom. The van der Waals surface area contributed by atoms with Gasteiger partial charge in [-0.1, -0.05) is 40.2 Å². The second-order valence-corrected chi connectivity index (χ2v) is 5.35. The molecule has 1 aromatic heterocycles. The summed E-state index contributed by atoms with van der Waals surface area (Å²) in [5.41, 5.74) is 9.17. The summed E-state index contributed by atoms with van der Waals surface area (Å²) in [6.45, 7) is 1.24. The predicted molar refractivity (Wildman–Crippen MR) is 80.9 cm³/mol. The fraction of sp³-hybridized carbons (Fsp3) is 0.133. The lowest BCUT2D eigenvalue weighted by molar-refractivity contribution is 0.744. The molecule has 96 valence electrons. The van der Waals surface area contributed by atoms with Gasteiger partial charge in [0, 0.05) is 11.0 Å². The van der Waals surface area contributed by atoms with E-state index in [9.17, 15) is 0 Å². The lowest BCUT2D eigenvalue weighted by Gasteiger charge is -2.08. The lowest BCUT2D eigenvalue weighted by Crippen LogP contribution is -2.09. The van der Waals surface area contributed by atoms with Crippen molar-refractivity contribution in [2.24, 2.45) is 5.73 Å². The van der Waals surface area contributed by atoms with Crippen molar-refractivity contribution in [1.29, 1.82) is 0 Å². The van der Waals surface area contributed by atoms with Gasteiger partial charge in [0.25, 0.3) is 0 Å². The van der Waals surface area contributed by atoms with Crippen LogP contribution in [0.15, 0.2) is 53.0 Å². The van der Waals surface area contributed by atoms with Gasteiger partial charge < -0.3 is 10.3 Å². The first kappa shape index (κ1) is 12.4. The molecule has 3 rings (SSSR count). The first-order valence-corrected chi connectivity index (χ1v) is 6.96. The molecule has 1 heterocycles. The number of rotatable bonds is 3. The van der Waals surface area contributed by atoms with E-state index in [1.165, 1.54) is 5.56 Å². The topological polar surface area (TPSA) is 43.8 Å². The Labute approximate surface area is 120 Å². The molecular formula is C15H14BrN3. The highest BCUT2D eigenvalue weighted by Crippen LogP contribution is 2.18. The van der Waals surface area contributed by atoms with Crippen molar-refractivity contribution in [3.05, 3.63) is 64.4 Å². The summed E-state index contributed by atoms with van der Waals surface area (Å²) in [5, 5.41) is 0. The zero-order chi connectivity index (χ0) is 13.2. The molecule has 4 heteroatoms. The molecule has 0 saturated heterocycles. The van der Waals surface area contributed by atoms with Crippen LogP contribution < -0.4 is 5.73 Å². The number of benzene rings is 2. The minimum absolute atomic E-state index is 0.450. The number of aromatic nitrogens is 2. The molecule has 0 saturated carbocycles. The van der Waals surface area contributed by atoms with Crippen LogP contribution in [0.25, 0.3) is 11.0 Å². The van der Waals surface area contributed by atoms with Gasteiger partial charge in [0.15, 0.2) is 0 Å². The number of hydrogen-bond donors (Lipinski definition) is 1. The highest BCUT2D eigenvalue weighted by Gasteiger charge is 2.09. The van der Waals surface area contributed by atoms with E-state index in [2.05, 4.69) is 55.8 Å². The zero-order valence-electron chi connectivity index (χ0n) is 10.4. The Hall–Kier alpha value is -1.65. The summed E-state index contributed by atoms with van der Waals surface area (Å²) in [7, 11) is 0. The van der Waals surface area contributed by atoms with Crippen molar-refractivity contribution >= 4 is 27.0 Å². The molecule has 3 aromatic rings. The standard InChI is InChI=1S/C15H14BrN3/c16-12-7-5-11(6-8-12)10-19-14-4-2-1-3-13(14)18-15(19)9-17/h1-8H,9-10,17H2. The minimum atomic E-state index is 0.450. The maximum absolute atomic E-state index is 5.80. The minimum Gasteiger partial charge on any atom is -0.324 e. The van der Waals surface area contributed by atoms with E-state index in [1.54, 1.807) is 0 Å². The average molecular weight is 316 g/mol. The van der Waals surface area contributed by atoms with Crippen LogP contribution >= 0.6 is 15.9 Å². The number of hydrogen-bond acceptors (Lipinski definition) is 2. The highest BCUT2D eigenvalue weighted by atomic mass is 79.9. The number of nitrogens with zero attached hydrogens (tertiary/aromatic N) is 2. The Kier molecular flexibility index (Phi) is 3.36. The molecule has 0 atom stereocenters. The molecule has 0 fully saturated rings. The molecule has 0 bridgehead atoms. The number of para-hydroxylation sites is 2. The first-order valence-electron chi connectivity index (χ1n) is 6.16. The largest absolute Gasteiger partial charge is 0.324 e. The number of imidazole rings is 1. The summed E-state index contributed by atoms with van der Waals surface area (Å²) in [6, 6.07) is 16.5. The third kappa shape index (κ3) is 2.41. The molecule has 0 amide bonds. The summed E-state index contributed by atoms with van der Waals surface area (Å²) in [4.78, 5) is 4.57. The van der Waals surface area contributed by atoms with Crippen LogP contribution in [-0.4, -0.2) is 9.55 Å². The molecule has 0 aliphatic carbocycles. The molecule has 19 heavy (non-hydrogen) atoms. The third-order valence-electron chi connectivity index (χ3n) is 3.17. The second-order valence-electron chi connectivity index (χ2n) is 4.43. The van der Waals surface area contributed by atoms with Crippen molar-refractivity contribution in [2.45, 2.75) is 13.1 Å². The summed E-state index contributed by atoms with van der Waals surface area (Å²) in [6.07, 6.45) is 0. The Morgan fingerprint density at radius 2 is 1.79 bits per heavy atom. The van der Waals surface area contributed by atoms with Gasteiger partial charge in [0.05, 0.1) is 17.6 Å². The van der Waals surface area contributed by atoms with E-state index in [-0.39, 0.29) is 0 Å². The van der Waals surface area contributed by atoms with Gasteiger partial charge in [-0.15, -0.1) is 0 Å². The Morgan fingerprint density at radius 1 is 1.05 bits per heavy atom. The van der Waals surface area contributed by atoms with Crippen LogP contribution in [0.3, 0.4) is 0 Å². The SMILES string of the molecule is NCc1nc2ccccc2n1Cc1ccc(Br)cc1. The van der Waals surface area contributed by atoms with Crippen molar-refractivity contribution in [1.82, 2.24) is 9.55 Å². The predicted octanol–water partition coefficient (Wildman–Crippen LogP) is 3.31. The van der Waals surface area contributed by atoms with E-state index < -0.39 is 0 Å². The van der Waals surface area contributed by atoms with Gasteiger partial charge in [0.1, 0.15) is 5.82 Å². The van der Waals surface area contributed by atoms with E-state index in [0.717, 1.165) is 27.9 Å². The fourth-order valence-corrected chi connectivity index (χ4v) is 2.49. The van der Waals surface area contributed by atoms with Gasteiger partial charge in [0.2, 0.25) is 0 Å². The molecule has 3 nitrogen and oxygen atoms in total. The van der Waals surface area contributed by atoms with Crippen LogP contribution in [0.5, 0.6) is 0 Å². The molecule has 0 aliphatic rings. The van der Waals surface area contributed by atoms with E-state index in [4.69, 9.17) is 5.73 Å². The molecule has 2 aromatic carbocycles. The zero-order valence-corrected chi connectivity index (χ0v) is 12.0. The van der Waals surface area contributed by atoms with E-state index in [1.807, 2.05) is 18.2 Å². The molecule has 2 N–H and O–H groups in total. The Balaban J connectivity index is 2.06. The van der Waals surface area contributed by atoms with Crippen molar-refractivity contribution in [3.63, 3.8) is 0 Å². The van der Waals surface area contributed by atoms with Crippen LogP contribution in [0.4, 0.5) is 0 Å². The Bertz CT molecular complexity index is 701. The maximum atomic E-state index is 5.80. The normalized spacial score (nSPS) is 11.1. The highest BCUT2D eigenvalue weighted by molar-refractivity contribution is 9.10. The number of nitrogens with two attached hydrogens (primary N) is 1. The smallest absolute Gasteiger partial charge is 0.123 e. The van der Waals surface area contributed by atoms with Gasteiger partial charge in [-0.2, -0.15) is 0 Å². The first-order chi connectivity index (χ1) is 9.28. The quantitative estimate of drug-likeness (QED) is 0.806. The summed E-state index contributed by atoms with van der Waals surface area (Å²) >= 11 is 3.45. The molecular weight excluding hydrogens is 302 g/mol. The van der Waals surface area contributed by atoms with E-state index >= 15 is 0 Å². The number of halogens is 1.